The van der Waals surface area contributed by atoms with E-state index in [1.54, 1.807) is 0 Å². The molecule has 0 radical (unpaired) electrons. The SMILES string of the molecule is Cc1cccc(C)c1NC(=O)NC(N1CCCCCC1)=[N+](C)C. The highest BCUT2D eigenvalue weighted by Gasteiger charge is 2.24. The highest BCUT2D eigenvalue weighted by molar-refractivity contribution is 6.01. The van der Waals surface area contributed by atoms with Crippen LogP contribution in [0, 0.1) is 13.8 Å². The first-order chi connectivity index (χ1) is 11.0. The number of hydrogen-bond acceptors (Lipinski definition) is 1. The van der Waals surface area contributed by atoms with Gasteiger partial charge in [0.1, 0.15) is 0 Å². The van der Waals surface area contributed by atoms with Gasteiger partial charge in [-0.15, -0.1) is 0 Å². The van der Waals surface area contributed by atoms with Gasteiger partial charge in [0.15, 0.2) is 0 Å². The Kier molecular flexibility index (Phi) is 6.02. The van der Waals surface area contributed by atoms with E-state index >= 15 is 0 Å². The fraction of sp³-hybridized carbons (Fsp3) is 0.556. The van der Waals surface area contributed by atoms with Crippen molar-refractivity contribution >= 4 is 17.7 Å². The molecule has 0 bridgehead atoms. The van der Waals surface area contributed by atoms with E-state index in [0.717, 1.165) is 35.9 Å². The molecule has 1 fully saturated rings. The van der Waals surface area contributed by atoms with E-state index in [0.29, 0.717) is 0 Å². The summed E-state index contributed by atoms with van der Waals surface area (Å²) in [5.74, 6) is 0.871. The number of benzene rings is 1. The van der Waals surface area contributed by atoms with Crippen molar-refractivity contribution in [1.29, 1.82) is 0 Å². The summed E-state index contributed by atoms with van der Waals surface area (Å²) in [6, 6.07) is 5.83. The van der Waals surface area contributed by atoms with Crippen LogP contribution in [0.15, 0.2) is 18.2 Å². The highest BCUT2D eigenvalue weighted by atomic mass is 16.2. The molecule has 0 saturated carbocycles. The van der Waals surface area contributed by atoms with E-state index in [9.17, 15) is 4.79 Å². The van der Waals surface area contributed by atoms with Gasteiger partial charge in [-0.25, -0.2) is 4.79 Å². The Morgan fingerprint density at radius 2 is 1.61 bits per heavy atom. The van der Waals surface area contributed by atoms with E-state index in [1.165, 1.54) is 25.7 Å². The minimum atomic E-state index is -0.185. The highest BCUT2D eigenvalue weighted by Crippen LogP contribution is 2.19. The summed E-state index contributed by atoms with van der Waals surface area (Å²) in [4.78, 5) is 14.7. The first-order valence-electron chi connectivity index (χ1n) is 8.42. The number of carbonyl (C=O) groups is 1. The van der Waals surface area contributed by atoms with Crippen LogP contribution in [-0.4, -0.2) is 48.7 Å². The lowest BCUT2D eigenvalue weighted by Gasteiger charge is -2.20. The summed E-state index contributed by atoms with van der Waals surface area (Å²) in [6.45, 7) is 6.01. The number of anilines is 1. The molecule has 1 aliphatic rings. The Hall–Kier alpha value is -2.04. The second-order valence-electron chi connectivity index (χ2n) is 6.47. The molecule has 5 nitrogen and oxygen atoms in total. The van der Waals surface area contributed by atoms with Crippen LogP contribution < -0.4 is 10.6 Å². The lowest BCUT2D eigenvalue weighted by molar-refractivity contribution is -0.472. The second kappa shape index (κ2) is 7.99. The average molecular weight is 317 g/mol. The molecule has 2 N–H and O–H groups in total. The van der Waals surface area contributed by atoms with Gasteiger partial charge in [-0.2, -0.15) is 5.32 Å². The van der Waals surface area contributed by atoms with Crippen LogP contribution in [-0.2, 0) is 0 Å². The maximum absolute atomic E-state index is 12.5. The maximum Gasteiger partial charge on any atom is 0.384 e. The van der Waals surface area contributed by atoms with Crippen LogP contribution in [0.25, 0.3) is 0 Å². The molecule has 5 heteroatoms. The fourth-order valence-electron chi connectivity index (χ4n) is 3.01. The summed E-state index contributed by atoms with van der Waals surface area (Å²) in [6.07, 6.45) is 4.90. The molecular weight excluding hydrogens is 288 g/mol. The molecule has 0 spiro atoms. The normalized spacial score (nSPS) is 14.9. The number of urea groups is 1. The third-order valence-corrected chi connectivity index (χ3v) is 4.27. The molecule has 1 aromatic carbocycles. The maximum atomic E-state index is 12.5. The molecule has 2 rings (SSSR count). The number of nitrogens with one attached hydrogen (secondary N) is 2. The molecule has 1 aliphatic heterocycles. The van der Waals surface area contributed by atoms with Crippen LogP contribution in [0.5, 0.6) is 0 Å². The lowest BCUT2D eigenvalue weighted by Crippen LogP contribution is -2.50. The lowest BCUT2D eigenvalue weighted by atomic mass is 10.1. The molecule has 0 unspecified atom stereocenters. The average Bonchev–Trinajstić information content (AvgIpc) is 2.77. The molecular formula is C18H29N4O+. The number of guanidine groups is 1. The predicted octanol–water partition coefficient (Wildman–Crippen LogP) is 2.93. The summed E-state index contributed by atoms with van der Waals surface area (Å²) in [7, 11) is 3.94. The first-order valence-corrected chi connectivity index (χ1v) is 8.42. The largest absolute Gasteiger partial charge is 0.384 e. The number of hydrogen-bond donors (Lipinski definition) is 2. The van der Waals surface area contributed by atoms with Gasteiger partial charge in [0.2, 0.25) is 0 Å². The van der Waals surface area contributed by atoms with Crippen molar-refractivity contribution in [3.63, 3.8) is 0 Å². The van der Waals surface area contributed by atoms with Gasteiger partial charge in [-0.05, 0) is 37.8 Å². The van der Waals surface area contributed by atoms with Crippen LogP contribution in [0.4, 0.5) is 10.5 Å². The molecule has 1 saturated heterocycles. The molecule has 23 heavy (non-hydrogen) atoms. The van der Waals surface area contributed by atoms with Crippen molar-refractivity contribution < 1.29 is 9.37 Å². The number of rotatable bonds is 1. The number of nitrogens with zero attached hydrogens (tertiary/aromatic N) is 2. The van der Waals surface area contributed by atoms with Crippen molar-refractivity contribution in [1.82, 2.24) is 10.2 Å². The van der Waals surface area contributed by atoms with Crippen molar-refractivity contribution in [2.75, 3.05) is 32.5 Å². The summed E-state index contributed by atoms with van der Waals surface area (Å²) in [5, 5.41) is 6.03. The standard InChI is InChI=1S/C18H28N4O/c1-14-10-9-11-15(2)16(14)19-17(23)20-18(21(3)4)22-12-7-5-6-8-13-22/h9-11H,5-8,12-13H2,1-4H3,(H,19,23)/p+1. The zero-order valence-corrected chi connectivity index (χ0v) is 14.8. The smallest absolute Gasteiger partial charge is 0.294 e. The van der Waals surface area contributed by atoms with E-state index in [-0.39, 0.29) is 6.03 Å². The Morgan fingerprint density at radius 3 is 2.13 bits per heavy atom. The van der Waals surface area contributed by atoms with Crippen LogP contribution in [0.1, 0.15) is 36.8 Å². The molecule has 1 aromatic rings. The Bertz CT molecular complexity index is 562. The van der Waals surface area contributed by atoms with Crippen LogP contribution in [0.2, 0.25) is 0 Å². The number of carbonyl (C=O) groups excluding carboxylic acids is 1. The molecule has 0 atom stereocenters. The number of para-hydroxylation sites is 1. The zero-order valence-electron chi connectivity index (χ0n) is 14.8. The van der Waals surface area contributed by atoms with Crippen molar-refractivity contribution in [3.8, 4) is 0 Å². The van der Waals surface area contributed by atoms with Crippen molar-refractivity contribution in [2.24, 2.45) is 0 Å². The monoisotopic (exact) mass is 317 g/mol. The summed E-state index contributed by atoms with van der Waals surface area (Å²) in [5.41, 5.74) is 3.03. The van der Waals surface area contributed by atoms with E-state index < -0.39 is 0 Å². The first kappa shape index (κ1) is 17.3. The molecule has 1 heterocycles. The van der Waals surface area contributed by atoms with Gasteiger partial charge in [-0.1, -0.05) is 31.0 Å². The second-order valence-corrected chi connectivity index (χ2v) is 6.47. The minimum Gasteiger partial charge on any atom is -0.294 e. The predicted molar refractivity (Wildman–Crippen MR) is 95.2 cm³/mol. The van der Waals surface area contributed by atoms with Crippen LogP contribution in [0.3, 0.4) is 0 Å². The quantitative estimate of drug-likeness (QED) is 0.475. The van der Waals surface area contributed by atoms with E-state index in [2.05, 4.69) is 15.5 Å². The Labute approximate surface area is 139 Å². The molecule has 0 aromatic heterocycles. The van der Waals surface area contributed by atoms with Crippen molar-refractivity contribution in [3.05, 3.63) is 29.3 Å². The van der Waals surface area contributed by atoms with E-state index in [4.69, 9.17) is 0 Å². The molecule has 2 amide bonds. The fourth-order valence-corrected chi connectivity index (χ4v) is 3.01. The van der Waals surface area contributed by atoms with Gasteiger partial charge >= 0.3 is 12.0 Å². The minimum absolute atomic E-state index is 0.185. The van der Waals surface area contributed by atoms with Crippen molar-refractivity contribution in [2.45, 2.75) is 39.5 Å². The molecule has 126 valence electrons. The number of amides is 2. The summed E-state index contributed by atoms with van der Waals surface area (Å²) < 4.78 is 1.98. The van der Waals surface area contributed by atoms with Gasteiger partial charge in [-0.3, -0.25) is 14.8 Å². The Balaban J connectivity index is 2.08. The third-order valence-electron chi connectivity index (χ3n) is 4.27. The number of aryl methyl sites for hydroxylation is 2. The number of likely N-dealkylation sites (tertiary alicyclic amines) is 1. The molecule has 0 aliphatic carbocycles. The third kappa shape index (κ3) is 4.71. The van der Waals surface area contributed by atoms with E-state index in [1.807, 2.05) is 50.7 Å². The van der Waals surface area contributed by atoms with Gasteiger partial charge in [0.25, 0.3) is 0 Å². The zero-order chi connectivity index (χ0) is 16.8. The topological polar surface area (TPSA) is 47.4 Å². The van der Waals surface area contributed by atoms with Crippen LogP contribution >= 0.6 is 0 Å². The van der Waals surface area contributed by atoms with Gasteiger partial charge in [0, 0.05) is 5.69 Å². The Morgan fingerprint density at radius 1 is 1.04 bits per heavy atom. The summed E-state index contributed by atoms with van der Waals surface area (Å²) >= 11 is 0. The van der Waals surface area contributed by atoms with Gasteiger partial charge in [0.05, 0.1) is 27.2 Å². The van der Waals surface area contributed by atoms with Gasteiger partial charge < -0.3 is 0 Å².